The lowest BCUT2D eigenvalue weighted by atomic mass is 10.2. The van der Waals surface area contributed by atoms with Crippen molar-refractivity contribution in [3.8, 4) is 0 Å². The fraction of sp³-hybridized carbons (Fsp3) is 0.143. The summed E-state index contributed by atoms with van der Waals surface area (Å²) < 4.78 is 0. The maximum atomic E-state index is 11.9. The molecule has 0 bridgehead atoms. The molecule has 0 saturated heterocycles. The van der Waals surface area contributed by atoms with Gasteiger partial charge in [0.25, 0.3) is 0 Å². The zero-order valence-corrected chi connectivity index (χ0v) is 13.4. The smallest absolute Gasteiger partial charge is 0.348 e. The van der Waals surface area contributed by atoms with Crippen LogP contribution in [0, 0.1) is 6.92 Å². The Morgan fingerprint density at radius 2 is 2.00 bits per heavy atom. The van der Waals surface area contributed by atoms with Crippen molar-refractivity contribution in [1.29, 1.82) is 0 Å². The molecule has 2 aromatic rings. The number of thioether (sulfide) groups is 1. The van der Waals surface area contributed by atoms with Gasteiger partial charge in [-0.25, -0.2) is 4.79 Å². The number of hydrogen-bond donors (Lipinski definition) is 2. The SMILES string of the molecule is Cc1csc(C(=O)O)c1NC(=O)CSc1ccc(Cl)cc1. The van der Waals surface area contributed by atoms with Crippen molar-refractivity contribution in [3.05, 3.63) is 45.1 Å². The Morgan fingerprint density at radius 3 is 2.62 bits per heavy atom. The predicted octanol–water partition coefficient (Wildman–Crippen LogP) is 4.14. The lowest BCUT2D eigenvalue weighted by Gasteiger charge is -2.06. The van der Waals surface area contributed by atoms with Crippen LogP contribution in [0.4, 0.5) is 5.69 Å². The number of anilines is 1. The van der Waals surface area contributed by atoms with E-state index in [2.05, 4.69) is 5.32 Å². The third-order valence-electron chi connectivity index (χ3n) is 2.62. The number of hydrogen-bond acceptors (Lipinski definition) is 4. The van der Waals surface area contributed by atoms with Crippen LogP contribution in [0.3, 0.4) is 0 Å². The first kappa shape index (κ1) is 15.9. The van der Waals surface area contributed by atoms with Gasteiger partial charge in [0, 0.05) is 9.92 Å². The van der Waals surface area contributed by atoms with Gasteiger partial charge in [-0.05, 0) is 42.1 Å². The second-order valence-electron chi connectivity index (χ2n) is 4.22. The monoisotopic (exact) mass is 341 g/mol. The molecule has 1 heterocycles. The Morgan fingerprint density at radius 1 is 1.33 bits per heavy atom. The van der Waals surface area contributed by atoms with Gasteiger partial charge in [0.1, 0.15) is 4.88 Å². The first-order valence-corrected chi connectivity index (χ1v) is 8.21. The Kier molecular flexibility index (Phi) is 5.27. The molecule has 0 unspecified atom stereocenters. The number of amides is 1. The van der Waals surface area contributed by atoms with E-state index in [1.165, 1.54) is 11.8 Å². The molecule has 2 N–H and O–H groups in total. The van der Waals surface area contributed by atoms with Gasteiger partial charge in [-0.3, -0.25) is 4.79 Å². The zero-order chi connectivity index (χ0) is 15.4. The van der Waals surface area contributed by atoms with Gasteiger partial charge in [-0.15, -0.1) is 23.1 Å². The van der Waals surface area contributed by atoms with E-state index in [0.717, 1.165) is 21.8 Å². The largest absolute Gasteiger partial charge is 0.477 e. The van der Waals surface area contributed by atoms with Crippen LogP contribution in [0.25, 0.3) is 0 Å². The number of halogens is 1. The van der Waals surface area contributed by atoms with Crippen LogP contribution in [0.15, 0.2) is 34.5 Å². The van der Waals surface area contributed by atoms with Crippen LogP contribution in [-0.4, -0.2) is 22.7 Å². The molecule has 0 radical (unpaired) electrons. The number of carboxylic acids is 1. The van der Waals surface area contributed by atoms with E-state index in [1.807, 2.05) is 12.1 Å². The van der Waals surface area contributed by atoms with Crippen molar-refractivity contribution in [3.63, 3.8) is 0 Å². The molecule has 0 aliphatic carbocycles. The number of aryl methyl sites for hydroxylation is 1. The fourth-order valence-corrected chi connectivity index (χ4v) is 3.28. The van der Waals surface area contributed by atoms with E-state index in [1.54, 1.807) is 24.4 Å². The zero-order valence-electron chi connectivity index (χ0n) is 11.1. The van der Waals surface area contributed by atoms with Crippen molar-refractivity contribution < 1.29 is 14.7 Å². The third-order valence-corrected chi connectivity index (χ3v) is 4.97. The van der Waals surface area contributed by atoms with Gasteiger partial charge in [0.05, 0.1) is 11.4 Å². The average molecular weight is 342 g/mol. The van der Waals surface area contributed by atoms with E-state index >= 15 is 0 Å². The summed E-state index contributed by atoms with van der Waals surface area (Å²) in [6.45, 7) is 1.77. The molecular weight excluding hydrogens is 330 g/mol. The topological polar surface area (TPSA) is 66.4 Å². The number of carbonyl (C=O) groups is 2. The summed E-state index contributed by atoms with van der Waals surface area (Å²) in [5.74, 6) is -1.07. The van der Waals surface area contributed by atoms with Crippen molar-refractivity contribution in [2.45, 2.75) is 11.8 Å². The van der Waals surface area contributed by atoms with Crippen molar-refractivity contribution in [2.24, 2.45) is 0 Å². The number of carbonyl (C=O) groups excluding carboxylic acids is 1. The van der Waals surface area contributed by atoms with Crippen molar-refractivity contribution in [2.75, 3.05) is 11.1 Å². The van der Waals surface area contributed by atoms with Crippen LogP contribution in [0.1, 0.15) is 15.2 Å². The molecule has 1 amide bonds. The number of thiophene rings is 1. The van der Waals surface area contributed by atoms with Crippen LogP contribution in [0.2, 0.25) is 5.02 Å². The van der Waals surface area contributed by atoms with Gasteiger partial charge in [-0.2, -0.15) is 0 Å². The molecule has 1 aromatic heterocycles. The van der Waals surface area contributed by atoms with Gasteiger partial charge in [0.15, 0.2) is 0 Å². The molecule has 4 nitrogen and oxygen atoms in total. The highest BCUT2D eigenvalue weighted by Crippen LogP contribution is 2.28. The lowest BCUT2D eigenvalue weighted by Crippen LogP contribution is -2.16. The van der Waals surface area contributed by atoms with Crippen molar-refractivity contribution in [1.82, 2.24) is 0 Å². The normalized spacial score (nSPS) is 10.4. The standard InChI is InChI=1S/C14H12ClNO3S2/c1-8-6-21-13(14(18)19)12(8)16-11(17)7-20-10-4-2-9(15)3-5-10/h2-6H,7H2,1H3,(H,16,17)(H,18,19). The second-order valence-corrected chi connectivity index (χ2v) is 6.58. The summed E-state index contributed by atoms with van der Waals surface area (Å²) in [5.41, 5.74) is 1.14. The molecule has 7 heteroatoms. The summed E-state index contributed by atoms with van der Waals surface area (Å²) in [4.78, 5) is 24.1. The van der Waals surface area contributed by atoms with E-state index in [9.17, 15) is 9.59 Å². The Bertz CT molecular complexity index is 667. The van der Waals surface area contributed by atoms with Crippen LogP contribution in [0.5, 0.6) is 0 Å². The molecule has 0 fully saturated rings. The second kappa shape index (κ2) is 6.98. The Labute approximate surface area is 135 Å². The summed E-state index contributed by atoms with van der Waals surface area (Å²) in [7, 11) is 0. The maximum absolute atomic E-state index is 11.9. The predicted molar refractivity (Wildman–Crippen MR) is 86.8 cm³/mol. The number of benzene rings is 1. The van der Waals surface area contributed by atoms with Gasteiger partial charge in [0.2, 0.25) is 5.91 Å². The maximum Gasteiger partial charge on any atom is 0.348 e. The first-order chi connectivity index (χ1) is 9.97. The van der Waals surface area contributed by atoms with Crippen LogP contribution in [-0.2, 0) is 4.79 Å². The summed E-state index contributed by atoms with van der Waals surface area (Å²) in [6, 6.07) is 7.18. The highest BCUT2D eigenvalue weighted by molar-refractivity contribution is 8.00. The van der Waals surface area contributed by atoms with E-state index in [4.69, 9.17) is 16.7 Å². The van der Waals surface area contributed by atoms with Gasteiger partial charge in [-0.1, -0.05) is 11.6 Å². The molecule has 0 aliphatic heterocycles. The number of rotatable bonds is 5. The highest BCUT2D eigenvalue weighted by atomic mass is 35.5. The molecule has 1 aromatic carbocycles. The van der Waals surface area contributed by atoms with Crippen LogP contribution < -0.4 is 5.32 Å². The summed E-state index contributed by atoms with van der Waals surface area (Å²) >= 11 is 8.26. The lowest BCUT2D eigenvalue weighted by molar-refractivity contribution is -0.113. The molecule has 0 aliphatic rings. The quantitative estimate of drug-likeness (QED) is 0.802. The number of nitrogens with one attached hydrogen (secondary N) is 1. The molecular formula is C14H12ClNO3S2. The van der Waals surface area contributed by atoms with E-state index in [0.29, 0.717) is 10.7 Å². The number of carboxylic acid groups (broad SMARTS) is 1. The molecule has 0 atom stereocenters. The minimum atomic E-state index is -1.03. The highest BCUT2D eigenvalue weighted by Gasteiger charge is 2.17. The summed E-state index contributed by atoms with van der Waals surface area (Å²) in [5, 5.41) is 14.1. The average Bonchev–Trinajstić information content (AvgIpc) is 2.80. The number of aromatic carboxylic acids is 1. The van der Waals surface area contributed by atoms with Crippen molar-refractivity contribution >= 4 is 52.3 Å². The molecule has 2 rings (SSSR count). The molecule has 21 heavy (non-hydrogen) atoms. The molecule has 0 spiro atoms. The minimum absolute atomic E-state index is 0.150. The Balaban J connectivity index is 1.97. The first-order valence-electron chi connectivity index (χ1n) is 5.97. The Hall–Kier alpha value is -1.50. The summed E-state index contributed by atoms with van der Waals surface area (Å²) in [6.07, 6.45) is 0. The third kappa shape index (κ3) is 4.23. The molecule has 0 saturated carbocycles. The van der Waals surface area contributed by atoms with Crippen LogP contribution >= 0.6 is 34.7 Å². The fourth-order valence-electron chi connectivity index (χ4n) is 1.61. The van der Waals surface area contributed by atoms with E-state index in [-0.39, 0.29) is 16.5 Å². The molecule has 110 valence electrons. The van der Waals surface area contributed by atoms with E-state index < -0.39 is 5.97 Å². The van der Waals surface area contributed by atoms with Gasteiger partial charge < -0.3 is 10.4 Å². The minimum Gasteiger partial charge on any atom is -0.477 e. The van der Waals surface area contributed by atoms with Gasteiger partial charge >= 0.3 is 5.97 Å².